The van der Waals surface area contributed by atoms with E-state index in [1.807, 2.05) is 30.9 Å². The van der Waals surface area contributed by atoms with E-state index in [-0.39, 0.29) is 84.9 Å². The van der Waals surface area contributed by atoms with Crippen LogP contribution in [0.3, 0.4) is 0 Å². The molecule has 4 aromatic heterocycles. The molecular formula is C42H47F2N13O6. The maximum absolute atomic E-state index is 14.5. The monoisotopic (exact) mass is 867 g/mol. The molecule has 0 saturated carbocycles. The molecule has 2 aliphatic rings. The van der Waals surface area contributed by atoms with Gasteiger partial charge in [-0.25, -0.2) is 18.7 Å². The molecule has 6 heterocycles. The van der Waals surface area contributed by atoms with Gasteiger partial charge in [0.1, 0.15) is 47.1 Å². The van der Waals surface area contributed by atoms with Crippen molar-refractivity contribution < 1.29 is 37.4 Å². The third-order valence-electron chi connectivity index (χ3n) is 11.2. The van der Waals surface area contributed by atoms with Crippen LogP contribution in [0, 0.1) is 13.8 Å². The van der Waals surface area contributed by atoms with E-state index < -0.39 is 48.4 Å². The number of benzene rings is 2. The number of halogens is 2. The molecule has 0 bridgehead atoms. The molecule has 4 amide bonds. The molecule has 330 valence electrons. The van der Waals surface area contributed by atoms with Crippen LogP contribution in [-0.2, 0) is 26.2 Å². The van der Waals surface area contributed by atoms with Crippen LogP contribution in [0.2, 0.25) is 0 Å². The number of nitrogens with zero attached hydrogens (tertiary/aromatic N) is 9. The molecule has 0 radical (unpaired) electrons. The van der Waals surface area contributed by atoms with Crippen molar-refractivity contribution in [2.45, 2.75) is 78.7 Å². The van der Waals surface area contributed by atoms with E-state index >= 15 is 0 Å². The number of aryl methyl sites for hydroxylation is 4. The maximum Gasteiger partial charge on any atom is 0.276 e. The van der Waals surface area contributed by atoms with Crippen molar-refractivity contribution in [3.8, 4) is 11.5 Å². The lowest BCUT2D eigenvalue weighted by Gasteiger charge is -2.37. The van der Waals surface area contributed by atoms with Crippen LogP contribution < -0.4 is 31.6 Å². The van der Waals surface area contributed by atoms with Gasteiger partial charge in [-0.15, -0.1) is 0 Å². The molecule has 19 nitrogen and oxygen atoms in total. The quantitative estimate of drug-likeness (QED) is 0.150. The van der Waals surface area contributed by atoms with E-state index in [0.29, 0.717) is 46.9 Å². The molecule has 0 unspecified atom stereocenters. The number of aromatic nitrogens is 8. The number of anilines is 2. The zero-order valence-electron chi connectivity index (χ0n) is 35.2. The van der Waals surface area contributed by atoms with Crippen LogP contribution >= 0.6 is 0 Å². The normalized spacial score (nSPS) is 16.5. The van der Waals surface area contributed by atoms with Crippen LogP contribution in [0.4, 0.5) is 20.7 Å². The summed E-state index contributed by atoms with van der Waals surface area (Å²) in [5, 5.41) is 14.6. The first-order valence-corrected chi connectivity index (χ1v) is 20.5. The number of piperidine rings is 1. The van der Waals surface area contributed by atoms with Crippen LogP contribution in [0.1, 0.15) is 79.8 Å². The average Bonchev–Trinajstić information content (AvgIpc) is 4.01. The third kappa shape index (κ3) is 8.55. The van der Waals surface area contributed by atoms with E-state index in [0.717, 1.165) is 0 Å². The van der Waals surface area contributed by atoms with Crippen molar-refractivity contribution in [2.24, 2.45) is 11.5 Å². The fraction of sp³-hybridized carbons (Fsp3) is 0.381. The SMILES string of the molecule is CCn1nc(C)cc1C(=O)Nc1nc2cc(C(N)=O)cc3c2n1C/C=C/Cn1c(NC(=O)c2cc(C)nn2CC)nc2cc(C(N)=O)cc(c21)OCC(N1CCC(F)(F)CC1)CO3. The summed E-state index contributed by atoms with van der Waals surface area (Å²) in [7, 11) is 0. The molecule has 1 fully saturated rings. The van der Waals surface area contributed by atoms with Crippen LogP contribution in [0.15, 0.2) is 48.6 Å². The summed E-state index contributed by atoms with van der Waals surface area (Å²) < 4.78 is 48.7. The topological polar surface area (TPSA) is 237 Å². The summed E-state index contributed by atoms with van der Waals surface area (Å²) in [6.45, 7) is 8.18. The second kappa shape index (κ2) is 17.0. The van der Waals surface area contributed by atoms with E-state index in [1.165, 1.54) is 24.3 Å². The molecule has 8 rings (SSSR count). The third-order valence-corrected chi connectivity index (χ3v) is 11.2. The zero-order chi connectivity index (χ0) is 44.7. The van der Waals surface area contributed by atoms with Gasteiger partial charge in [-0.05, 0) is 64.1 Å². The standard InChI is InChI=1S/C42H47F2N13O6/c1-5-56-30(15-23(3)51-56)38(60)49-40-47-28-17-25(36(45)58)19-32-34(28)54(40)11-7-8-12-55-35-29(48-41(55)50-39(61)31-16-24(4)52-57(31)6-2)18-26(37(46)59)20-33(35)63-22-27(21-62-32)53-13-9-42(43,44)10-14-53/h7-8,15-20,27H,5-6,9-14,21-22H2,1-4H3,(H2,45,58)(H2,46,59)(H,47,49,60)(H,48,50,61)/b8-7+. The summed E-state index contributed by atoms with van der Waals surface area (Å²) in [6, 6.07) is 8.62. The van der Waals surface area contributed by atoms with Crippen LogP contribution in [0.5, 0.6) is 11.5 Å². The maximum atomic E-state index is 14.5. The average molecular weight is 868 g/mol. The molecule has 63 heavy (non-hydrogen) atoms. The highest BCUT2D eigenvalue weighted by atomic mass is 19.3. The minimum Gasteiger partial charge on any atom is -0.490 e. The number of primary amides is 2. The van der Waals surface area contributed by atoms with E-state index in [2.05, 4.69) is 20.8 Å². The summed E-state index contributed by atoms with van der Waals surface area (Å²) in [5.74, 6) is -4.67. The van der Waals surface area contributed by atoms with E-state index in [1.54, 1.807) is 44.5 Å². The van der Waals surface area contributed by atoms with Crippen molar-refractivity contribution in [3.05, 3.63) is 82.5 Å². The Labute approximate surface area is 359 Å². The van der Waals surface area contributed by atoms with Gasteiger partial charge in [0.25, 0.3) is 17.7 Å². The number of ether oxygens (including phenoxy) is 2. The first-order valence-electron chi connectivity index (χ1n) is 20.5. The first-order chi connectivity index (χ1) is 30.1. The van der Waals surface area contributed by atoms with Crippen molar-refractivity contribution >= 4 is 57.6 Å². The fourth-order valence-electron chi connectivity index (χ4n) is 7.99. The summed E-state index contributed by atoms with van der Waals surface area (Å²) in [5.41, 5.74) is 15.0. The molecule has 6 aromatic rings. The number of likely N-dealkylation sites (tertiary alicyclic amines) is 1. The molecule has 0 aliphatic carbocycles. The number of allylic oxidation sites excluding steroid dienone is 2. The molecule has 0 atom stereocenters. The van der Waals surface area contributed by atoms with Crippen LogP contribution in [0.25, 0.3) is 22.1 Å². The molecule has 1 saturated heterocycles. The van der Waals surface area contributed by atoms with E-state index in [9.17, 15) is 28.0 Å². The first kappa shape index (κ1) is 42.5. The largest absolute Gasteiger partial charge is 0.490 e. The lowest BCUT2D eigenvalue weighted by atomic mass is 10.0. The van der Waals surface area contributed by atoms with Gasteiger partial charge in [0.05, 0.1) is 28.5 Å². The van der Waals surface area contributed by atoms with Crippen molar-refractivity contribution in [1.29, 1.82) is 0 Å². The number of hydrogen-bond acceptors (Lipinski definition) is 11. The predicted octanol–water partition coefficient (Wildman–Crippen LogP) is 4.27. The second-order valence-corrected chi connectivity index (χ2v) is 15.5. The van der Waals surface area contributed by atoms with Gasteiger partial charge in [0.2, 0.25) is 23.7 Å². The minimum absolute atomic E-state index is 0.0195. The van der Waals surface area contributed by atoms with Crippen LogP contribution in [-0.4, -0.2) is 105 Å². The van der Waals surface area contributed by atoms with Crippen molar-refractivity contribution in [3.63, 3.8) is 0 Å². The Morgan fingerprint density at radius 2 is 1.14 bits per heavy atom. The molecule has 6 N–H and O–H groups in total. The number of alkyl halides is 2. The Morgan fingerprint density at radius 3 is 1.54 bits per heavy atom. The van der Waals surface area contributed by atoms with Gasteiger partial charge in [-0.1, -0.05) is 12.2 Å². The molecule has 0 spiro atoms. The Kier molecular flexibility index (Phi) is 11.4. The Balaban J connectivity index is 1.27. The fourth-order valence-corrected chi connectivity index (χ4v) is 7.99. The van der Waals surface area contributed by atoms with Gasteiger partial charge in [-0.3, -0.25) is 44.1 Å². The number of carbonyl (C=O) groups excluding carboxylic acids is 4. The number of nitrogens with one attached hydrogen (secondary N) is 2. The smallest absolute Gasteiger partial charge is 0.276 e. The Bertz CT molecular complexity index is 2640. The Hall–Kier alpha value is -7.16. The highest BCUT2D eigenvalue weighted by Crippen LogP contribution is 2.35. The van der Waals surface area contributed by atoms with Crippen molar-refractivity contribution in [1.82, 2.24) is 43.6 Å². The Morgan fingerprint density at radius 1 is 0.714 bits per heavy atom. The molecule has 2 aromatic carbocycles. The summed E-state index contributed by atoms with van der Waals surface area (Å²) in [6.07, 6.45) is 2.84. The number of carbonyl (C=O) groups is 4. The summed E-state index contributed by atoms with van der Waals surface area (Å²) in [4.78, 5) is 64.3. The minimum atomic E-state index is -2.85. The second-order valence-electron chi connectivity index (χ2n) is 15.5. The predicted molar refractivity (Wildman–Crippen MR) is 227 cm³/mol. The zero-order valence-corrected chi connectivity index (χ0v) is 35.2. The molecule has 2 aliphatic heterocycles. The number of imidazole rings is 2. The number of amides is 4. The molecular weight excluding hydrogens is 821 g/mol. The lowest BCUT2D eigenvalue weighted by Crippen LogP contribution is -2.49. The van der Waals surface area contributed by atoms with Crippen molar-refractivity contribution in [2.75, 3.05) is 36.9 Å². The lowest BCUT2D eigenvalue weighted by molar-refractivity contribution is -0.0696. The highest BCUT2D eigenvalue weighted by Gasteiger charge is 2.37. The van der Waals surface area contributed by atoms with Gasteiger partial charge >= 0.3 is 0 Å². The number of hydrogen-bond donors (Lipinski definition) is 4. The van der Waals surface area contributed by atoms with Gasteiger partial charge in [-0.2, -0.15) is 10.2 Å². The van der Waals surface area contributed by atoms with Gasteiger partial charge in [0, 0.05) is 63.2 Å². The molecule has 21 heteroatoms. The number of rotatable bonds is 9. The van der Waals surface area contributed by atoms with Gasteiger partial charge in [0.15, 0.2) is 0 Å². The number of nitrogens with two attached hydrogens (primary N) is 2. The van der Waals surface area contributed by atoms with Gasteiger partial charge < -0.3 is 30.1 Å². The van der Waals surface area contributed by atoms with E-state index in [4.69, 9.17) is 30.9 Å². The summed E-state index contributed by atoms with van der Waals surface area (Å²) >= 11 is 0. The highest BCUT2D eigenvalue weighted by molar-refractivity contribution is 6.05.